The summed E-state index contributed by atoms with van der Waals surface area (Å²) >= 11 is 14.1. The van der Waals surface area contributed by atoms with E-state index in [1.165, 1.54) is 17.4 Å². The van der Waals surface area contributed by atoms with Crippen LogP contribution in [0.5, 0.6) is 0 Å². The van der Waals surface area contributed by atoms with Crippen LogP contribution in [-0.4, -0.2) is 29.6 Å². The average Bonchev–Trinajstić information content (AvgIpc) is 3.65. The van der Waals surface area contributed by atoms with Gasteiger partial charge in [-0.3, -0.25) is 14.4 Å². The van der Waals surface area contributed by atoms with Crippen molar-refractivity contribution in [2.45, 2.75) is 31.3 Å². The molecule has 4 heterocycles. The first-order valence-corrected chi connectivity index (χ1v) is 14.9. The highest BCUT2D eigenvalue weighted by Gasteiger charge is 2.70. The number of allylic oxidation sites excluding steroid dienone is 1. The molecule has 0 radical (unpaired) electrons. The minimum Gasteiger partial charge on any atom is -0.352 e. The predicted molar refractivity (Wildman–Crippen MR) is 165 cm³/mol. The van der Waals surface area contributed by atoms with E-state index >= 15 is 0 Å². The monoisotopic (exact) mass is 598 g/mol. The Hall–Kier alpha value is -3.71. The van der Waals surface area contributed by atoms with Crippen LogP contribution in [0.3, 0.4) is 0 Å². The van der Waals surface area contributed by atoms with Crippen LogP contribution in [0.2, 0.25) is 10.0 Å². The van der Waals surface area contributed by atoms with Crippen LogP contribution < -0.4 is 10.2 Å². The highest BCUT2D eigenvalue weighted by Crippen LogP contribution is 2.59. The Bertz CT molecular complexity index is 1810. The van der Waals surface area contributed by atoms with Crippen molar-refractivity contribution in [3.05, 3.63) is 121 Å². The molecule has 3 aromatic carbocycles. The minimum absolute atomic E-state index is 0.180. The number of Topliss-reactive ketones (excluding diaryl/α,β-unsaturated/α-hetero) is 2. The Balaban J connectivity index is 1.57. The van der Waals surface area contributed by atoms with E-state index < -0.39 is 23.4 Å². The van der Waals surface area contributed by atoms with Gasteiger partial charge in [-0.2, -0.15) is 0 Å². The van der Waals surface area contributed by atoms with Crippen LogP contribution in [0.25, 0.3) is 5.57 Å². The number of benzene rings is 3. The van der Waals surface area contributed by atoms with Crippen LogP contribution in [-0.2, 0) is 10.2 Å². The lowest BCUT2D eigenvalue weighted by atomic mass is 9.64. The lowest BCUT2D eigenvalue weighted by Crippen LogP contribution is -2.51. The van der Waals surface area contributed by atoms with Crippen molar-refractivity contribution in [2.24, 2.45) is 5.92 Å². The number of anilines is 2. The minimum atomic E-state index is -1.39. The first-order valence-electron chi connectivity index (χ1n) is 13.3. The van der Waals surface area contributed by atoms with Gasteiger partial charge < -0.3 is 10.2 Å². The molecule has 4 atom stereocenters. The second-order valence-corrected chi connectivity index (χ2v) is 12.6. The van der Waals surface area contributed by atoms with E-state index in [0.717, 1.165) is 22.4 Å². The van der Waals surface area contributed by atoms with Crippen molar-refractivity contribution in [3.8, 4) is 0 Å². The van der Waals surface area contributed by atoms with Crippen molar-refractivity contribution < 1.29 is 14.4 Å². The Morgan fingerprint density at radius 3 is 2.51 bits per heavy atom. The number of carbonyl (C=O) groups is 3. The normalized spacial score (nSPS) is 24.0. The predicted octanol–water partition coefficient (Wildman–Crippen LogP) is 7.61. The summed E-state index contributed by atoms with van der Waals surface area (Å²) in [6.45, 7) is 4.04. The van der Waals surface area contributed by atoms with E-state index in [4.69, 9.17) is 23.2 Å². The zero-order valence-corrected chi connectivity index (χ0v) is 24.5. The highest BCUT2D eigenvalue weighted by molar-refractivity contribution is 7.12. The smallest absolute Gasteiger partial charge is 0.238 e. The molecule has 1 amide bonds. The van der Waals surface area contributed by atoms with Gasteiger partial charge in [-0.05, 0) is 72.8 Å². The number of nitrogens with one attached hydrogen (secondary N) is 1. The largest absolute Gasteiger partial charge is 0.352 e. The molecule has 204 valence electrons. The van der Waals surface area contributed by atoms with Gasteiger partial charge in [0.15, 0.2) is 11.6 Å². The van der Waals surface area contributed by atoms with Gasteiger partial charge in [-0.1, -0.05) is 65.2 Å². The molecule has 0 bridgehead atoms. The second kappa shape index (κ2) is 9.41. The number of carbonyl (C=O) groups excluding carboxylic acids is 3. The Labute approximate surface area is 251 Å². The molecule has 3 aliphatic heterocycles. The number of thiophene rings is 1. The van der Waals surface area contributed by atoms with Crippen LogP contribution in [0, 0.1) is 12.8 Å². The molecule has 7 rings (SSSR count). The number of para-hydroxylation sites is 1. The van der Waals surface area contributed by atoms with Crippen LogP contribution in [0.1, 0.15) is 43.6 Å². The number of amides is 1. The Morgan fingerprint density at radius 1 is 0.951 bits per heavy atom. The molecule has 1 N–H and O–H groups in total. The topological polar surface area (TPSA) is 66.5 Å². The summed E-state index contributed by atoms with van der Waals surface area (Å²) in [6.07, 6.45) is 2.05. The molecule has 3 aliphatic rings. The van der Waals surface area contributed by atoms with Crippen molar-refractivity contribution in [1.29, 1.82) is 0 Å². The quantitative estimate of drug-likeness (QED) is 0.245. The molecule has 5 nitrogen and oxygen atoms in total. The number of rotatable bonds is 4. The summed E-state index contributed by atoms with van der Waals surface area (Å²) in [5.41, 5.74) is 4.04. The third kappa shape index (κ3) is 3.64. The highest BCUT2D eigenvalue weighted by atomic mass is 35.5. The summed E-state index contributed by atoms with van der Waals surface area (Å²) < 4.78 is 0. The third-order valence-corrected chi connectivity index (χ3v) is 10.1. The van der Waals surface area contributed by atoms with Crippen LogP contribution in [0.4, 0.5) is 11.4 Å². The van der Waals surface area contributed by atoms with Crippen molar-refractivity contribution >= 4 is 69.0 Å². The molecule has 8 heteroatoms. The van der Waals surface area contributed by atoms with Crippen LogP contribution in [0.15, 0.2) is 84.3 Å². The summed E-state index contributed by atoms with van der Waals surface area (Å²) in [5, 5.41) is 5.47. The maximum absolute atomic E-state index is 14.9. The van der Waals surface area contributed by atoms with E-state index in [0.29, 0.717) is 21.2 Å². The molecule has 0 unspecified atom stereocenters. The van der Waals surface area contributed by atoms with Gasteiger partial charge in [0.2, 0.25) is 5.91 Å². The molecule has 1 aromatic heterocycles. The summed E-state index contributed by atoms with van der Waals surface area (Å²) in [7, 11) is 0. The van der Waals surface area contributed by atoms with E-state index in [-0.39, 0.29) is 28.1 Å². The molecule has 1 spiro atoms. The van der Waals surface area contributed by atoms with E-state index in [1.54, 1.807) is 18.2 Å². The van der Waals surface area contributed by atoms with Gasteiger partial charge in [0.05, 0.1) is 21.9 Å². The molecule has 1 fully saturated rings. The lowest BCUT2D eigenvalue weighted by molar-refractivity contribution is -0.121. The molecule has 1 saturated heterocycles. The number of aryl methyl sites for hydroxylation is 1. The Kier molecular flexibility index (Phi) is 6.02. The molecular weight excluding hydrogens is 575 g/mol. The number of halogens is 2. The fourth-order valence-electron chi connectivity index (χ4n) is 6.97. The Morgan fingerprint density at radius 2 is 1.76 bits per heavy atom. The number of ketones is 2. The SMILES string of the molecule is CC1=C[C@@H]2N(c3ccc(C)cc31)[C@H](C(=O)c1cccs1)[C@@H](C(=O)c1ccc(Cl)cc1Cl)[C@]21C(=O)Nc2ccccc21. The zero-order valence-electron chi connectivity index (χ0n) is 22.2. The van der Waals surface area contributed by atoms with Gasteiger partial charge in [-0.25, -0.2) is 0 Å². The van der Waals surface area contributed by atoms with E-state index in [1.807, 2.05) is 66.6 Å². The third-order valence-electron chi connectivity index (χ3n) is 8.64. The standard InChI is InChI=1S/C33H24Cl2N2O3S/c1-17-9-12-25-21(14-17)18(2)15-27-33(22-6-3-4-7-24(22)36-32(33)40)28(30(38)20-11-10-19(34)16-23(20)35)29(37(25)27)31(39)26-8-5-13-41-26/h3-16,27-29H,1-2H3,(H,36,40)/t27-,28-,29-,33+/m0/s1. The van der Waals surface area contributed by atoms with Crippen molar-refractivity contribution in [2.75, 3.05) is 10.2 Å². The maximum atomic E-state index is 14.9. The van der Waals surface area contributed by atoms with E-state index in [9.17, 15) is 14.4 Å². The molecule has 0 saturated carbocycles. The zero-order chi connectivity index (χ0) is 28.6. The van der Waals surface area contributed by atoms with Crippen LogP contribution >= 0.6 is 34.5 Å². The average molecular weight is 600 g/mol. The fraction of sp³-hybridized carbons (Fsp3) is 0.182. The first kappa shape index (κ1) is 26.2. The van der Waals surface area contributed by atoms with Gasteiger partial charge in [-0.15, -0.1) is 11.3 Å². The molecular formula is C33H24Cl2N2O3S. The maximum Gasteiger partial charge on any atom is 0.238 e. The van der Waals surface area contributed by atoms with Gasteiger partial charge >= 0.3 is 0 Å². The number of hydrogen-bond acceptors (Lipinski definition) is 5. The number of fused-ring (bicyclic) bond motifs is 6. The first-order chi connectivity index (χ1) is 19.7. The number of nitrogens with zero attached hydrogens (tertiary/aromatic N) is 1. The summed E-state index contributed by atoms with van der Waals surface area (Å²) in [4.78, 5) is 46.4. The van der Waals surface area contributed by atoms with Gasteiger partial charge in [0.1, 0.15) is 11.5 Å². The van der Waals surface area contributed by atoms with Crippen molar-refractivity contribution in [3.63, 3.8) is 0 Å². The lowest BCUT2D eigenvalue weighted by Gasteiger charge is -2.39. The van der Waals surface area contributed by atoms with Gasteiger partial charge in [0, 0.05) is 27.5 Å². The molecule has 0 aliphatic carbocycles. The number of hydrogen-bond donors (Lipinski definition) is 1. The fourth-order valence-corrected chi connectivity index (χ4v) is 8.17. The summed E-state index contributed by atoms with van der Waals surface area (Å²) in [6, 6.07) is 20.3. The van der Waals surface area contributed by atoms with E-state index in [2.05, 4.69) is 17.5 Å². The second-order valence-electron chi connectivity index (χ2n) is 10.8. The molecule has 4 aromatic rings. The van der Waals surface area contributed by atoms with Crippen molar-refractivity contribution in [1.82, 2.24) is 0 Å². The molecule has 41 heavy (non-hydrogen) atoms. The summed E-state index contributed by atoms with van der Waals surface area (Å²) in [5.74, 6) is -1.97. The van der Waals surface area contributed by atoms with Gasteiger partial charge in [0.25, 0.3) is 0 Å².